The van der Waals surface area contributed by atoms with Gasteiger partial charge in [-0.1, -0.05) is 6.07 Å². The van der Waals surface area contributed by atoms with E-state index in [0.717, 1.165) is 5.56 Å². The number of rotatable bonds is 8. The Hall–Kier alpha value is -3.47. The third kappa shape index (κ3) is 5.53. The molecular weight excluding hydrogens is 458 g/mol. The molecule has 0 unspecified atom stereocenters. The lowest BCUT2D eigenvalue weighted by Gasteiger charge is -2.26. The van der Waals surface area contributed by atoms with Gasteiger partial charge in [-0.15, -0.1) is 0 Å². The molecule has 2 heterocycles. The summed E-state index contributed by atoms with van der Waals surface area (Å²) < 4.78 is 43.9. The van der Waals surface area contributed by atoms with Crippen LogP contribution in [-0.2, 0) is 21.4 Å². The number of carbonyl (C=O) groups excluding carboxylic acids is 1. The molecule has 1 N–H and O–H groups in total. The number of benzene rings is 2. The highest BCUT2D eigenvalue weighted by molar-refractivity contribution is 7.89. The Balaban J connectivity index is 1.46. The standard InChI is InChI=1S/C24H25N3O6S/c1-31-22-9-6-20(15-23(22)34(29,30)27-11-13-32-14-12-27)26-24(28)19-4-7-21(8-5-19)33-17-18-3-2-10-25-16-18/h2-10,15-16H,11-14,17H2,1H3,(H,26,28). The molecule has 1 aliphatic heterocycles. The number of methoxy groups -OCH3 is 1. The molecule has 3 aromatic rings. The predicted molar refractivity (Wildman–Crippen MR) is 126 cm³/mol. The van der Waals surface area contributed by atoms with E-state index in [0.29, 0.717) is 36.8 Å². The predicted octanol–water partition coefficient (Wildman–Crippen LogP) is 2.94. The van der Waals surface area contributed by atoms with Gasteiger partial charge >= 0.3 is 0 Å². The van der Waals surface area contributed by atoms with Crippen LogP contribution in [0.4, 0.5) is 5.69 Å². The Labute approximate surface area is 198 Å². The molecule has 1 aliphatic rings. The van der Waals surface area contributed by atoms with Crippen LogP contribution in [0, 0.1) is 0 Å². The van der Waals surface area contributed by atoms with Crippen LogP contribution in [0.25, 0.3) is 0 Å². The number of ether oxygens (including phenoxy) is 3. The van der Waals surface area contributed by atoms with Crippen molar-refractivity contribution in [2.75, 3.05) is 38.7 Å². The van der Waals surface area contributed by atoms with Crippen LogP contribution >= 0.6 is 0 Å². The number of amides is 1. The van der Waals surface area contributed by atoms with E-state index < -0.39 is 10.0 Å². The average Bonchev–Trinajstić information content (AvgIpc) is 2.89. The first kappa shape index (κ1) is 23.7. The monoisotopic (exact) mass is 483 g/mol. The smallest absolute Gasteiger partial charge is 0.255 e. The summed E-state index contributed by atoms with van der Waals surface area (Å²) in [5.41, 5.74) is 1.68. The van der Waals surface area contributed by atoms with Gasteiger partial charge in [0.25, 0.3) is 5.91 Å². The van der Waals surface area contributed by atoms with Gasteiger partial charge in [0, 0.05) is 42.3 Å². The maximum absolute atomic E-state index is 13.1. The first-order valence-corrected chi connectivity index (χ1v) is 12.1. The van der Waals surface area contributed by atoms with Crippen LogP contribution in [0.15, 0.2) is 71.9 Å². The number of nitrogens with zero attached hydrogens (tertiary/aromatic N) is 2. The maximum Gasteiger partial charge on any atom is 0.255 e. The lowest BCUT2D eigenvalue weighted by atomic mass is 10.2. The summed E-state index contributed by atoms with van der Waals surface area (Å²) in [6.07, 6.45) is 3.42. The Morgan fingerprint density at radius 1 is 1.12 bits per heavy atom. The van der Waals surface area contributed by atoms with Crippen molar-refractivity contribution in [1.82, 2.24) is 9.29 Å². The summed E-state index contributed by atoms with van der Waals surface area (Å²) in [6.45, 7) is 1.56. The third-order valence-electron chi connectivity index (χ3n) is 5.25. The summed E-state index contributed by atoms with van der Waals surface area (Å²) in [5, 5.41) is 2.75. The highest BCUT2D eigenvalue weighted by atomic mass is 32.2. The quantitative estimate of drug-likeness (QED) is 0.525. The number of carbonyl (C=O) groups is 1. The van der Waals surface area contributed by atoms with Crippen LogP contribution in [-0.4, -0.2) is 57.0 Å². The highest BCUT2D eigenvalue weighted by Gasteiger charge is 2.29. The van der Waals surface area contributed by atoms with E-state index >= 15 is 0 Å². The minimum atomic E-state index is -3.81. The molecule has 178 valence electrons. The van der Waals surface area contributed by atoms with Gasteiger partial charge in [0.15, 0.2) is 0 Å². The first-order valence-electron chi connectivity index (χ1n) is 10.7. The van der Waals surface area contributed by atoms with Crippen molar-refractivity contribution in [2.45, 2.75) is 11.5 Å². The Kier molecular flexibility index (Phi) is 7.41. The molecule has 0 atom stereocenters. The van der Waals surface area contributed by atoms with Gasteiger partial charge in [-0.25, -0.2) is 8.42 Å². The van der Waals surface area contributed by atoms with Gasteiger partial charge < -0.3 is 19.5 Å². The summed E-state index contributed by atoms with van der Waals surface area (Å²) in [5.74, 6) is 0.446. The second-order valence-electron chi connectivity index (χ2n) is 7.51. The Morgan fingerprint density at radius 3 is 2.56 bits per heavy atom. The SMILES string of the molecule is COc1ccc(NC(=O)c2ccc(OCc3cccnc3)cc2)cc1S(=O)(=O)N1CCOCC1. The Bertz CT molecular complexity index is 1230. The van der Waals surface area contributed by atoms with Crippen LogP contribution < -0.4 is 14.8 Å². The third-order valence-corrected chi connectivity index (χ3v) is 7.17. The van der Waals surface area contributed by atoms with Gasteiger partial charge in [0.2, 0.25) is 10.0 Å². The molecule has 9 nitrogen and oxygen atoms in total. The summed E-state index contributed by atoms with van der Waals surface area (Å²) in [4.78, 5) is 16.8. The van der Waals surface area contributed by atoms with Gasteiger partial charge in [0.1, 0.15) is 23.0 Å². The van der Waals surface area contributed by atoms with Gasteiger partial charge in [-0.3, -0.25) is 9.78 Å². The molecule has 10 heteroatoms. The minimum absolute atomic E-state index is 0.00569. The minimum Gasteiger partial charge on any atom is -0.495 e. The number of anilines is 1. The molecule has 4 rings (SSSR count). The molecule has 1 fully saturated rings. The molecular formula is C24H25N3O6S. The van der Waals surface area contributed by atoms with Gasteiger partial charge in [-0.05, 0) is 48.5 Å². The molecule has 34 heavy (non-hydrogen) atoms. The molecule has 1 saturated heterocycles. The zero-order valence-corrected chi connectivity index (χ0v) is 19.5. The zero-order valence-electron chi connectivity index (χ0n) is 18.6. The fraction of sp³-hybridized carbons (Fsp3) is 0.250. The number of hydrogen-bond acceptors (Lipinski definition) is 7. The van der Waals surface area contributed by atoms with E-state index in [2.05, 4.69) is 10.3 Å². The second kappa shape index (κ2) is 10.6. The fourth-order valence-electron chi connectivity index (χ4n) is 3.44. The number of aromatic nitrogens is 1. The van der Waals surface area contributed by atoms with Gasteiger partial charge in [0.05, 0.1) is 20.3 Å². The van der Waals surface area contributed by atoms with Crippen LogP contribution in [0.2, 0.25) is 0 Å². The Morgan fingerprint density at radius 2 is 1.88 bits per heavy atom. The van der Waals surface area contributed by atoms with E-state index in [1.54, 1.807) is 42.7 Å². The second-order valence-corrected chi connectivity index (χ2v) is 9.42. The lowest BCUT2D eigenvalue weighted by Crippen LogP contribution is -2.40. The van der Waals surface area contributed by atoms with Crippen molar-refractivity contribution in [3.63, 3.8) is 0 Å². The van der Waals surface area contributed by atoms with Crippen LogP contribution in [0.3, 0.4) is 0 Å². The molecule has 2 aromatic carbocycles. The highest BCUT2D eigenvalue weighted by Crippen LogP contribution is 2.30. The lowest BCUT2D eigenvalue weighted by molar-refractivity contribution is 0.0729. The van der Waals surface area contributed by atoms with Crippen LogP contribution in [0.1, 0.15) is 15.9 Å². The number of nitrogens with one attached hydrogen (secondary N) is 1. The number of hydrogen-bond donors (Lipinski definition) is 1. The fourth-order valence-corrected chi connectivity index (χ4v) is 5.03. The van der Waals surface area contributed by atoms with Crippen molar-refractivity contribution < 1.29 is 27.4 Å². The normalized spacial score (nSPS) is 14.4. The summed E-state index contributed by atoms with van der Waals surface area (Å²) in [6, 6.07) is 15.0. The average molecular weight is 484 g/mol. The van der Waals surface area contributed by atoms with E-state index in [-0.39, 0.29) is 29.6 Å². The topological polar surface area (TPSA) is 107 Å². The molecule has 0 spiro atoms. The molecule has 1 amide bonds. The van der Waals surface area contributed by atoms with Crippen molar-refractivity contribution >= 4 is 21.6 Å². The molecule has 1 aromatic heterocycles. The van der Waals surface area contributed by atoms with E-state index in [9.17, 15) is 13.2 Å². The van der Waals surface area contributed by atoms with E-state index in [4.69, 9.17) is 14.2 Å². The largest absolute Gasteiger partial charge is 0.495 e. The number of pyridine rings is 1. The van der Waals surface area contributed by atoms with Crippen molar-refractivity contribution in [2.24, 2.45) is 0 Å². The van der Waals surface area contributed by atoms with Crippen LogP contribution in [0.5, 0.6) is 11.5 Å². The number of sulfonamides is 1. The summed E-state index contributed by atoms with van der Waals surface area (Å²) in [7, 11) is -2.40. The summed E-state index contributed by atoms with van der Waals surface area (Å²) >= 11 is 0. The van der Waals surface area contributed by atoms with Crippen molar-refractivity contribution in [3.05, 3.63) is 78.1 Å². The molecule has 0 bridgehead atoms. The van der Waals surface area contributed by atoms with E-state index in [1.165, 1.54) is 23.5 Å². The molecule has 0 aliphatic carbocycles. The first-order chi connectivity index (χ1) is 16.5. The van der Waals surface area contributed by atoms with Crippen molar-refractivity contribution in [3.8, 4) is 11.5 Å². The van der Waals surface area contributed by atoms with Gasteiger partial charge in [-0.2, -0.15) is 4.31 Å². The maximum atomic E-state index is 13.1. The molecule has 0 radical (unpaired) electrons. The molecule has 0 saturated carbocycles. The van der Waals surface area contributed by atoms with Crippen molar-refractivity contribution in [1.29, 1.82) is 0 Å². The van der Waals surface area contributed by atoms with E-state index in [1.807, 2.05) is 12.1 Å². The zero-order chi connectivity index (χ0) is 24.0. The number of morpholine rings is 1.